The SMILES string of the molecule is COc1cc(C)cc(C)c1C(N)c1cccc(N(C)C)c1. The molecule has 0 heterocycles. The van der Waals surface area contributed by atoms with Crippen molar-refractivity contribution >= 4 is 5.69 Å². The van der Waals surface area contributed by atoms with E-state index in [9.17, 15) is 0 Å². The molecule has 2 aromatic carbocycles. The van der Waals surface area contributed by atoms with Crippen LogP contribution in [0.5, 0.6) is 5.75 Å². The fourth-order valence-electron chi connectivity index (χ4n) is 2.67. The standard InChI is InChI=1S/C18H24N2O/c1-12-9-13(2)17(16(10-12)21-5)18(19)14-7-6-8-15(11-14)20(3)4/h6-11,18H,19H2,1-5H3. The van der Waals surface area contributed by atoms with E-state index in [4.69, 9.17) is 10.5 Å². The molecule has 2 rings (SSSR count). The van der Waals surface area contributed by atoms with Gasteiger partial charge in [0.15, 0.2) is 0 Å². The van der Waals surface area contributed by atoms with Gasteiger partial charge in [-0.15, -0.1) is 0 Å². The monoisotopic (exact) mass is 284 g/mol. The first-order chi connectivity index (χ1) is 9.93. The van der Waals surface area contributed by atoms with E-state index in [-0.39, 0.29) is 6.04 Å². The molecule has 0 aliphatic heterocycles. The first-order valence-corrected chi connectivity index (χ1v) is 7.12. The molecular formula is C18H24N2O. The fourth-order valence-corrected chi connectivity index (χ4v) is 2.67. The van der Waals surface area contributed by atoms with E-state index in [1.165, 1.54) is 5.56 Å². The topological polar surface area (TPSA) is 38.5 Å². The average Bonchev–Trinajstić information content (AvgIpc) is 2.45. The quantitative estimate of drug-likeness (QED) is 0.935. The van der Waals surface area contributed by atoms with E-state index in [2.05, 4.69) is 43.0 Å². The molecule has 1 atom stereocenters. The third-order valence-electron chi connectivity index (χ3n) is 3.77. The van der Waals surface area contributed by atoms with Crippen molar-refractivity contribution < 1.29 is 4.74 Å². The highest BCUT2D eigenvalue weighted by molar-refractivity contribution is 5.53. The molecular weight excluding hydrogens is 260 g/mol. The van der Waals surface area contributed by atoms with E-state index < -0.39 is 0 Å². The number of hydrogen-bond acceptors (Lipinski definition) is 3. The highest BCUT2D eigenvalue weighted by Gasteiger charge is 2.17. The molecule has 0 amide bonds. The molecule has 1 unspecified atom stereocenters. The summed E-state index contributed by atoms with van der Waals surface area (Å²) in [6.07, 6.45) is 0. The van der Waals surface area contributed by atoms with Crippen LogP contribution >= 0.6 is 0 Å². The predicted octanol–water partition coefficient (Wildman–Crippen LogP) is 3.43. The number of hydrogen-bond donors (Lipinski definition) is 1. The van der Waals surface area contributed by atoms with Gasteiger partial charge in [0.05, 0.1) is 13.2 Å². The van der Waals surface area contributed by atoms with Gasteiger partial charge in [0.2, 0.25) is 0 Å². The fraction of sp³-hybridized carbons (Fsp3) is 0.333. The summed E-state index contributed by atoms with van der Waals surface area (Å²) in [5, 5.41) is 0. The number of anilines is 1. The van der Waals surface area contributed by atoms with Crippen LogP contribution in [0.3, 0.4) is 0 Å². The van der Waals surface area contributed by atoms with Crippen LogP contribution < -0.4 is 15.4 Å². The van der Waals surface area contributed by atoms with Crippen molar-refractivity contribution in [3.63, 3.8) is 0 Å². The van der Waals surface area contributed by atoms with E-state index >= 15 is 0 Å². The zero-order valence-corrected chi connectivity index (χ0v) is 13.5. The minimum atomic E-state index is -0.194. The maximum absolute atomic E-state index is 6.51. The number of ether oxygens (including phenoxy) is 1. The van der Waals surface area contributed by atoms with Crippen molar-refractivity contribution in [2.24, 2.45) is 5.73 Å². The van der Waals surface area contributed by atoms with Crippen LogP contribution in [0.15, 0.2) is 36.4 Å². The van der Waals surface area contributed by atoms with Gasteiger partial charge < -0.3 is 15.4 Å². The molecule has 21 heavy (non-hydrogen) atoms. The molecule has 112 valence electrons. The summed E-state index contributed by atoms with van der Waals surface area (Å²) < 4.78 is 5.54. The van der Waals surface area contributed by atoms with E-state index in [0.717, 1.165) is 28.1 Å². The van der Waals surface area contributed by atoms with Crippen LogP contribution in [0.4, 0.5) is 5.69 Å². The van der Waals surface area contributed by atoms with Gasteiger partial charge in [0.1, 0.15) is 5.75 Å². The Hall–Kier alpha value is -2.00. The third kappa shape index (κ3) is 3.19. The Morgan fingerprint density at radius 2 is 1.81 bits per heavy atom. The Morgan fingerprint density at radius 1 is 1.10 bits per heavy atom. The number of rotatable bonds is 4. The summed E-state index contributed by atoms with van der Waals surface area (Å²) in [7, 11) is 5.76. The Kier molecular flexibility index (Phi) is 4.53. The lowest BCUT2D eigenvalue weighted by Gasteiger charge is -2.21. The second-order valence-electron chi connectivity index (χ2n) is 5.66. The van der Waals surface area contributed by atoms with Gasteiger partial charge in [-0.2, -0.15) is 0 Å². The van der Waals surface area contributed by atoms with E-state index in [1.807, 2.05) is 26.2 Å². The molecule has 2 N–H and O–H groups in total. The zero-order valence-electron chi connectivity index (χ0n) is 13.5. The Balaban J connectivity index is 2.49. The van der Waals surface area contributed by atoms with Crippen molar-refractivity contribution in [1.29, 1.82) is 0 Å². The van der Waals surface area contributed by atoms with Crippen LogP contribution in [0.1, 0.15) is 28.3 Å². The van der Waals surface area contributed by atoms with Gasteiger partial charge in [-0.3, -0.25) is 0 Å². The highest BCUT2D eigenvalue weighted by atomic mass is 16.5. The first-order valence-electron chi connectivity index (χ1n) is 7.12. The molecule has 0 saturated carbocycles. The molecule has 0 saturated heterocycles. The average molecular weight is 284 g/mol. The summed E-state index contributed by atoms with van der Waals surface area (Å²) in [4.78, 5) is 2.08. The van der Waals surface area contributed by atoms with E-state index in [0.29, 0.717) is 0 Å². The summed E-state index contributed by atoms with van der Waals surface area (Å²) in [5.41, 5.74) is 12.1. The third-order valence-corrected chi connectivity index (χ3v) is 3.77. The second kappa shape index (κ2) is 6.19. The smallest absolute Gasteiger partial charge is 0.124 e. The molecule has 0 aliphatic rings. The predicted molar refractivity (Wildman–Crippen MR) is 89.3 cm³/mol. The molecule has 0 spiro atoms. The van der Waals surface area contributed by atoms with E-state index in [1.54, 1.807) is 7.11 Å². The van der Waals surface area contributed by atoms with Gasteiger partial charge in [-0.05, 0) is 48.7 Å². The van der Waals surface area contributed by atoms with Crippen molar-refractivity contribution in [3.05, 3.63) is 58.7 Å². The van der Waals surface area contributed by atoms with Crippen LogP contribution in [0.2, 0.25) is 0 Å². The summed E-state index contributed by atoms with van der Waals surface area (Å²) in [5.74, 6) is 0.857. The number of benzene rings is 2. The number of methoxy groups -OCH3 is 1. The van der Waals surface area contributed by atoms with Crippen LogP contribution in [0.25, 0.3) is 0 Å². The number of aryl methyl sites for hydroxylation is 2. The normalized spacial score (nSPS) is 12.1. The first kappa shape index (κ1) is 15.4. The van der Waals surface area contributed by atoms with Crippen molar-refractivity contribution in [2.45, 2.75) is 19.9 Å². The Morgan fingerprint density at radius 3 is 2.43 bits per heavy atom. The molecule has 3 nitrogen and oxygen atoms in total. The Labute approximate surface area is 127 Å². The van der Waals surface area contributed by atoms with Crippen molar-refractivity contribution in [2.75, 3.05) is 26.1 Å². The molecule has 3 heteroatoms. The lowest BCUT2D eigenvalue weighted by atomic mass is 9.93. The molecule has 0 bridgehead atoms. The highest BCUT2D eigenvalue weighted by Crippen LogP contribution is 2.33. The maximum atomic E-state index is 6.51. The van der Waals surface area contributed by atoms with Crippen LogP contribution in [-0.2, 0) is 0 Å². The molecule has 0 aliphatic carbocycles. The minimum Gasteiger partial charge on any atom is -0.496 e. The van der Waals surface area contributed by atoms with Crippen molar-refractivity contribution in [3.8, 4) is 5.75 Å². The molecule has 0 radical (unpaired) electrons. The minimum absolute atomic E-state index is 0.194. The van der Waals surface area contributed by atoms with Gasteiger partial charge in [0, 0.05) is 25.3 Å². The van der Waals surface area contributed by atoms with Crippen LogP contribution in [0, 0.1) is 13.8 Å². The number of nitrogens with zero attached hydrogens (tertiary/aromatic N) is 1. The lowest BCUT2D eigenvalue weighted by molar-refractivity contribution is 0.407. The number of nitrogens with two attached hydrogens (primary N) is 1. The van der Waals surface area contributed by atoms with Gasteiger partial charge in [0.25, 0.3) is 0 Å². The van der Waals surface area contributed by atoms with Gasteiger partial charge in [-0.1, -0.05) is 18.2 Å². The van der Waals surface area contributed by atoms with Gasteiger partial charge in [-0.25, -0.2) is 0 Å². The van der Waals surface area contributed by atoms with Crippen molar-refractivity contribution in [1.82, 2.24) is 0 Å². The molecule has 0 fully saturated rings. The Bertz CT molecular complexity index is 635. The summed E-state index contributed by atoms with van der Waals surface area (Å²) in [6, 6.07) is 12.3. The summed E-state index contributed by atoms with van der Waals surface area (Å²) >= 11 is 0. The molecule has 0 aromatic heterocycles. The lowest BCUT2D eigenvalue weighted by Crippen LogP contribution is -2.16. The maximum Gasteiger partial charge on any atom is 0.124 e. The van der Waals surface area contributed by atoms with Crippen LogP contribution in [-0.4, -0.2) is 21.2 Å². The summed E-state index contributed by atoms with van der Waals surface area (Å²) in [6.45, 7) is 4.15. The molecule has 2 aromatic rings. The second-order valence-corrected chi connectivity index (χ2v) is 5.66. The van der Waals surface area contributed by atoms with Gasteiger partial charge >= 0.3 is 0 Å². The largest absolute Gasteiger partial charge is 0.496 e. The zero-order chi connectivity index (χ0) is 15.6.